The Hall–Kier alpha value is -1.39. The molecule has 0 bridgehead atoms. The average molecular weight is 289 g/mol. The van der Waals surface area contributed by atoms with Crippen molar-refractivity contribution >= 4 is 11.6 Å². The Morgan fingerprint density at radius 2 is 1.90 bits per heavy atom. The van der Waals surface area contributed by atoms with Crippen LogP contribution in [0.4, 0.5) is 5.69 Å². The van der Waals surface area contributed by atoms with Gasteiger partial charge in [-0.25, -0.2) is 0 Å². The van der Waals surface area contributed by atoms with Crippen molar-refractivity contribution in [2.24, 2.45) is 0 Å². The van der Waals surface area contributed by atoms with E-state index in [4.69, 9.17) is 0 Å². The minimum absolute atomic E-state index is 0.0122. The third kappa shape index (κ3) is 4.29. The largest absolute Gasteiger partial charge is 0.324 e. The second-order valence-electron chi connectivity index (χ2n) is 6.25. The Labute approximate surface area is 127 Å². The van der Waals surface area contributed by atoms with Gasteiger partial charge in [0.2, 0.25) is 5.91 Å². The standard InChI is InChI=1S/C17H27N3O/c1-4-18-17(2,3)16(21)19-15-10-6-5-9-14(15)13-20-11-7-8-12-20/h5-6,9-10,18H,4,7-8,11-13H2,1-3H3,(H,19,21). The highest BCUT2D eigenvalue weighted by Crippen LogP contribution is 2.21. The van der Waals surface area contributed by atoms with Crippen LogP contribution >= 0.6 is 0 Å². The first kappa shape index (κ1) is 16.0. The molecule has 2 N–H and O–H groups in total. The fourth-order valence-electron chi connectivity index (χ4n) is 2.76. The van der Waals surface area contributed by atoms with Gasteiger partial charge in [0.15, 0.2) is 0 Å². The maximum Gasteiger partial charge on any atom is 0.244 e. The molecule has 21 heavy (non-hydrogen) atoms. The lowest BCUT2D eigenvalue weighted by atomic mass is 10.0. The molecular weight excluding hydrogens is 262 g/mol. The summed E-state index contributed by atoms with van der Waals surface area (Å²) in [6, 6.07) is 8.11. The van der Waals surface area contributed by atoms with Gasteiger partial charge < -0.3 is 10.6 Å². The van der Waals surface area contributed by atoms with Crippen molar-refractivity contribution in [2.45, 2.75) is 45.7 Å². The maximum absolute atomic E-state index is 12.4. The molecule has 2 rings (SSSR count). The summed E-state index contributed by atoms with van der Waals surface area (Å²) in [5.74, 6) is 0.0122. The number of carbonyl (C=O) groups excluding carboxylic acids is 1. The summed E-state index contributed by atoms with van der Waals surface area (Å²) in [6.07, 6.45) is 2.56. The van der Waals surface area contributed by atoms with Crippen LogP contribution in [-0.2, 0) is 11.3 Å². The quantitative estimate of drug-likeness (QED) is 0.846. The van der Waals surface area contributed by atoms with E-state index in [1.165, 1.54) is 18.4 Å². The molecule has 0 radical (unpaired) electrons. The number of anilines is 1. The monoisotopic (exact) mass is 289 g/mol. The number of amides is 1. The average Bonchev–Trinajstić information content (AvgIpc) is 2.94. The van der Waals surface area contributed by atoms with Crippen LogP contribution in [0.15, 0.2) is 24.3 Å². The summed E-state index contributed by atoms with van der Waals surface area (Å²) in [5, 5.41) is 6.29. The Balaban J connectivity index is 2.07. The van der Waals surface area contributed by atoms with Crippen LogP contribution in [0.3, 0.4) is 0 Å². The molecule has 0 atom stereocenters. The summed E-state index contributed by atoms with van der Waals surface area (Å²) < 4.78 is 0. The Morgan fingerprint density at radius 1 is 1.24 bits per heavy atom. The van der Waals surface area contributed by atoms with Gasteiger partial charge in [0.05, 0.1) is 5.54 Å². The van der Waals surface area contributed by atoms with E-state index in [2.05, 4.69) is 21.6 Å². The minimum Gasteiger partial charge on any atom is -0.324 e. The van der Waals surface area contributed by atoms with E-state index in [0.29, 0.717) is 0 Å². The van der Waals surface area contributed by atoms with Crippen molar-refractivity contribution in [1.82, 2.24) is 10.2 Å². The number of hydrogen-bond donors (Lipinski definition) is 2. The van der Waals surface area contributed by atoms with Crippen molar-refractivity contribution in [3.63, 3.8) is 0 Å². The summed E-state index contributed by atoms with van der Waals surface area (Å²) >= 11 is 0. The van der Waals surface area contributed by atoms with Crippen LogP contribution in [0.5, 0.6) is 0 Å². The van der Waals surface area contributed by atoms with Crippen molar-refractivity contribution in [3.8, 4) is 0 Å². The van der Waals surface area contributed by atoms with Gasteiger partial charge in [-0.2, -0.15) is 0 Å². The van der Waals surface area contributed by atoms with Gasteiger partial charge in [0, 0.05) is 12.2 Å². The molecule has 1 aliphatic rings. The van der Waals surface area contributed by atoms with Gasteiger partial charge in [-0.3, -0.25) is 9.69 Å². The molecule has 1 fully saturated rings. The smallest absolute Gasteiger partial charge is 0.244 e. The molecule has 1 aromatic rings. The van der Waals surface area contributed by atoms with E-state index in [0.717, 1.165) is 31.9 Å². The van der Waals surface area contributed by atoms with E-state index in [1.807, 2.05) is 39.0 Å². The van der Waals surface area contributed by atoms with Crippen LogP contribution in [-0.4, -0.2) is 36.0 Å². The Kier molecular flexibility index (Phi) is 5.37. The first-order chi connectivity index (χ1) is 10.0. The second kappa shape index (κ2) is 7.05. The topological polar surface area (TPSA) is 44.4 Å². The molecule has 0 unspecified atom stereocenters. The third-order valence-corrected chi connectivity index (χ3v) is 4.04. The molecule has 1 saturated heterocycles. The number of hydrogen-bond acceptors (Lipinski definition) is 3. The first-order valence-electron chi connectivity index (χ1n) is 7.89. The highest BCUT2D eigenvalue weighted by molar-refractivity contribution is 5.98. The molecule has 4 nitrogen and oxygen atoms in total. The fraction of sp³-hybridized carbons (Fsp3) is 0.588. The minimum atomic E-state index is -0.560. The van der Waals surface area contributed by atoms with Crippen LogP contribution < -0.4 is 10.6 Å². The molecule has 0 spiro atoms. The number of nitrogens with one attached hydrogen (secondary N) is 2. The number of nitrogens with zero attached hydrogens (tertiary/aromatic N) is 1. The number of rotatable bonds is 6. The van der Waals surface area contributed by atoms with Crippen LogP contribution in [0.2, 0.25) is 0 Å². The number of carbonyl (C=O) groups is 1. The number of benzene rings is 1. The second-order valence-corrected chi connectivity index (χ2v) is 6.25. The highest BCUT2D eigenvalue weighted by Gasteiger charge is 2.26. The molecule has 0 aromatic heterocycles. The molecule has 0 aliphatic carbocycles. The van der Waals surface area contributed by atoms with Gasteiger partial charge in [0.25, 0.3) is 0 Å². The predicted octanol–water partition coefficient (Wildman–Crippen LogP) is 2.61. The zero-order chi connectivity index (χ0) is 15.3. The van der Waals surface area contributed by atoms with Crippen molar-refractivity contribution in [1.29, 1.82) is 0 Å². The molecule has 1 aromatic carbocycles. The van der Waals surface area contributed by atoms with Gasteiger partial charge in [-0.05, 0) is 58.0 Å². The van der Waals surface area contributed by atoms with Gasteiger partial charge in [0.1, 0.15) is 0 Å². The highest BCUT2D eigenvalue weighted by atomic mass is 16.2. The van der Waals surface area contributed by atoms with Crippen molar-refractivity contribution < 1.29 is 4.79 Å². The lowest BCUT2D eigenvalue weighted by molar-refractivity contribution is -0.121. The van der Waals surface area contributed by atoms with E-state index < -0.39 is 5.54 Å². The third-order valence-electron chi connectivity index (χ3n) is 4.04. The summed E-state index contributed by atoms with van der Waals surface area (Å²) in [4.78, 5) is 14.9. The van der Waals surface area contributed by atoms with Crippen LogP contribution in [0, 0.1) is 0 Å². The van der Waals surface area contributed by atoms with E-state index in [1.54, 1.807) is 0 Å². The van der Waals surface area contributed by atoms with Crippen LogP contribution in [0.25, 0.3) is 0 Å². The Bertz CT molecular complexity index is 479. The lowest BCUT2D eigenvalue weighted by Gasteiger charge is -2.25. The fourth-order valence-corrected chi connectivity index (χ4v) is 2.76. The van der Waals surface area contributed by atoms with Crippen molar-refractivity contribution in [3.05, 3.63) is 29.8 Å². The molecule has 0 saturated carbocycles. The summed E-state index contributed by atoms with van der Waals surface area (Å²) in [6.45, 7) is 9.84. The zero-order valence-electron chi connectivity index (χ0n) is 13.4. The van der Waals surface area contributed by atoms with E-state index in [9.17, 15) is 4.79 Å². The molecule has 1 heterocycles. The van der Waals surface area contributed by atoms with E-state index in [-0.39, 0.29) is 5.91 Å². The lowest BCUT2D eigenvalue weighted by Crippen LogP contribution is -2.49. The molecular formula is C17H27N3O. The van der Waals surface area contributed by atoms with Crippen LogP contribution in [0.1, 0.15) is 39.2 Å². The summed E-state index contributed by atoms with van der Waals surface area (Å²) in [7, 11) is 0. The molecule has 1 amide bonds. The van der Waals surface area contributed by atoms with Gasteiger partial charge in [-0.1, -0.05) is 25.1 Å². The van der Waals surface area contributed by atoms with Gasteiger partial charge in [-0.15, -0.1) is 0 Å². The van der Waals surface area contributed by atoms with Gasteiger partial charge >= 0.3 is 0 Å². The van der Waals surface area contributed by atoms with E-state index >= 15 is 0 Å². The number of likely N-dealkylation sites (N-methyl/N-ethyl adjacent to an activating group) is 1. The zero-order valence-corrected chi connectivity index (χ0v) is 13.4. The SMILES string of the molecule is CCNC(C)(C)C(=O)Nc1ccccc1CN1CCCC1. The van der Waals surface area contributed by atoms with Crippen molar-refractivity contribution in [2.75, 3.05) is 25.0 Å². The Morgan fingerprint density at radius 3 is 2.57 bits per heavy atom. The number of likely N-dealkylation sites (tertiary alicyclic amines) is 1. The molecule has 116 valence electrons. The molecule has 4 heteroatoms. The maximum atomic E-state index is 12.4. The summed E-state index contributed by atoms with van der Waals surface area (Å²) in [5.41, 5.74) is 1.57. The normalized spacial score (nSPS) is 16.1. The first-order valence-corrected chi connectivity index (χ1v) is 7.89. The predicted molar refractivity (Wildman–Crippen MR) is 87.3 cm³/mol. The number of para-hydroxylation sites is 1. The molecule has 1 aliphatic heterocycles.